The quantitative estimate of drug-likeness (QED) is 0.549. The first-order valence-electron chi connectivity index (χ1n) is 5.37. The minimum atomic E-state index is -1.21. The summed E-state index contributed by atoms with van der Waals surface area (Å²) in [6.07, 6.45) is -0.978. The van der Waals surface area contributed by atoms with Crippen LogP contribution in [0.5, 0.6) is 5.75 Å². The molecule has 0 aliphatic rings. The van der Waals surface area contributed by atoms with Gasteiger partial charge >= 0.3 is 12.1 Å². The SMILES string of the molecule is Nc1cc(F)ccc1OC(=O)NCC(=O)NCC(=O)O. The van der Waals surface area contributed by atoms with E-state index < -0.39 is 36.9 Å². The van der Waals surface area contributed by atoms with Crippen LogP contribution < -0.4 is 21.1 Å². The van der Waals surface area contributed by atoms with Gasteiger partial charge in [0.05, 0.1) is 5.69 Å². The molecule has 2 amide bonds. The second kappa shape index (κ2) is 6.92. The van der Waals surface area contributed by atoms with Crippen LogP contribution in [0.2, 0.25) is 0 Å². The van der Waals surface area contributed by atoms with Gasteiger partial charge in [-0.1, -0.05) is 0 Å². The van der Waals surface area contributed by atoms with Gasteiger partial charge in [-0.3, -0.25) is 9.59 Å². The van der Waals surface area contributed by atoms with E-state index >= 15 is 0 Å². The highest BCUT2D eigenvalue weighted by atomic mass is 19.1. The predicted octanol–water partition coefficient (Wildman–Crippen LogP) is -0.303. The van der Waals surface area contributed by atoms with E-state index in [0.29, 0.717) is 0 Å². The molecule has 5 N–H and O–H groups in total. The fraction of sp³-hybridized carbons (Fsp3) is 0.182. The van der Waals surface area contributed by atoms with Gasteiger partial charge in [0, 0.05) is 6.07 Å². The van der Waals surface area contributed by atoms with Crippen LogP contribution in [0.1, 0.15) is 0 Å². The molecule has 8 nitrogen and oxygen atoms in total. The van der Waals surface area contributed by atoms with Gasteiger partial charge in [0.25, 0.3) is 0 Å². The van der Waals surface area contributed by atoms with E-state index in [9.17, 15) is 18.8 Å². The molecule has 0 fully saturated rings. The zero-order chi connectivity index (χ0) is 15.1. The third-order valence-corrected chi connectivity index (χ3v) is 2.00. The van der Waals surface area contributed by atoms with Crippen LogP contribution in [0.4, 0.5) is 14.9 Å². The summed E-state index contributed by atoms with van der Waals surface area (Å²) in [7, 11) is 0. The number of amides is 2. The standard InChI is InChI=1S/C11H12FN3O5/c12-6-1-2-8(7(13)3-6)20-11(19)15-4-9(16)14-5-10(17)18/h1-3H,4-5,13H2,(H,14,16)(H,15,19)(H,17,18). The number of carbonyl (C=O) groups is 3. The second-order valence-corrected chi connectivity index (χ2v) is 3.60. The minimum absolute atomic E-state index is 0.0603. The topological polar surface area (TPSA) is 131 Å². The molecular weight excluding hydrogens is 273 g/mol. The third-order valence-electron chi connectivity index (χ3n) is 2.00. The Labute approximate surface area is 112 Å². The number of carboxylic acids is 1. The highest BCUT2D eigenvalue weighted by molar-refractivity contribution is 5.85. The van der Waals surface area contributed by atoms with Gasteiger partial charge in [-0.15, -0.1) is 0 Å². The summed E-state index contributed by atoms with van der Waals surface area (Å²) in [6, 6.07) is 3.19. The van der Waals surface area contributed by atoms with Crippen LogP contribution in [-0.2, 0) is 9.59 Å². The first-order chi connectivity index (χ1) is 9.38. The Morgan fingerprint density at radius 2 is 1.95 bits per heavy atom. The zero-order valence-corrected chi connectivity index (χ0v) is 10.2. The molecule has 0 atom stereocenters. The van der Waals surface area contributed by atoms with Crippen molar-refractivity contribution in [1.82, 2.24) is 10.6 Å². The van der Waals surface area contributed by atoms with E-state index in [0.717, 1.165) is 18.2 Å². The van der Waals surface area contributed by atoms with Gasteiger partial charge < -0.3 is 26.2 Å². The molecule has 0 saturated carbocycles. The molecule has 0 unspecified atom stereocenters. The number of carboxylic acid groups (broad SMARTS) is 1. The average molecular weight is 285 g/mol. The summed E-state index contributed by atoms with van der Waals surface area (Å²) in [5.74, 6) is -2.55. The molecule has 0 radical (unpaired) electrons. The molecule has 0 aromatic heterocycles. The Morgan fingerprint density at radius 1 is 1.25 bits per heavy atom. The molecule has 108 valence electrons. The van der Waals surface area contributed by atoms with E-state index in [1.54, 1.807) is 0 Å². The van der Waals surface area contributed by atoms with Crippen LogP contribution in [0.15, 0.2) is 18.2 Å². The monoisotopic (exact) mass is 285 g/mol. The molecule has 20 heavy (non-hydrogen) atoms. The summed E-state index contributed by atoms with van der Waals surface area (Å²) in [5, 5.41) is 12.4. The van der Waals surface area contributed by atoms with Crippen molar-refractivity contribution in [2.45, 2.75) is 0 Å². The largest absolute Gasteiger partial charge is 0.480 e. The van der Waals surface area contributed by atoms with E-state index in [1.165, 1.54) is 0 Å². The van der Waals surface area contributed by atoms with Crippen molar-refractivity contribution in [3.8, 4) is 5.75 Å². The first-order valence-corrected chi connectivity index (χ1v) is 5.37. The van der Waals surface area contributed by atoms with Crippen LogP contribution in [0.3, 0.4) is 0 Å². The highest BCUT2D eigenvalue weighted by Crippen LogP contribution is 2.21. The summed E-state index contributed by atoms with van der Waals surface area (Å²) in [5.41, 5.74) is 5.34. The Kier molecular flexibility index (Phi) is 5.27. The lowest BCUT2D eigenvalue weighted by molar-refractivity contribution is -0.137. The maximum Gasteiger partial charge on any atom is 0.413 e. The van der Waals surface area contributed by atoms with E-state index in [1.807, 2.05) is 5.32 Å². The predicted molar refractivity (Wildman–Crippen MR) is 65.5 cm³/mol. The van der Waals surface area contributed by atoms with Crippen molar-refractivity contribution < 1.29 is 28.6 Å². The van der Waals surface area contributed by atoms with Crippen molar-refractivity contribution in [3.63, 3.8) is 0 Å². The lowest BCUT2D eigenvalue weighted by Gasteiger charge is -2.08. The van der Waals surface area contributed by atoms with E-state index in [4.69, 9.17) is 15.6 Å². The molecule has 0 bridgehead atoms. The van der Waals surface area contributed by atoms with Gasteiger partial charge in [0.2, 0.25) is 5.91 Å². The molecular formula is C11H12FN3O5. The van der Waals surface area contributed by atoms with E-state index in [-0.39, 0.29) is 11.4 Å². The number of nitrogens with two attached hydrogens (primary N) is 1. The Balaban J connectivity index is 2.40. The lowest BCUT2D eigenvalue weighted by Crippen LogP contribution is -2.40. The van der Waals surface area contributed by atoms with Gasteiger partial charge in [-0.2, -0.15) is 0 Å². The number of hydrogen-bond acceptors (Lipinski definition) is 5. The smallest absolute Gasteiger partial charge is 0.413 e. The summed E-state index contributed by atoms with van der Waals surface area (Å²) in [6.45, 7) is -1.02. The summed E-state index contributed by atoms with van der Waals surface area (Å²) >= 11 is 0. The fourth-order valence-electron chi connectivity index (χ4n) is 1.14. The third kappa shape index (κ3) is 5.21. The number of carbonyl (C=O) groups excluding carboxylic acids is 2. The molecule has 1 aromatic rings. The van der Waals surface area contributed by atoms with Crippen molar-refractivity contribution in [3.05, 3.63) is 24.0 Å². The number of anilines is 1. The van der Waals surface area contributed by atoms with Crippen molar-refractivity contribution >= 4 is 23.7 Å². The van der Waals surface area contributed by atoms with Crippen molar-refractivity contribution in [2.24, 2.45) is 0 Å². The van der Waals surface area contributed by atoms with Gasteiger partial charge in [0.1, 0.15) is 18.9 Å². The Morgan fingerprint density at radius 3 is 2.55 bits per heavy atom. The normalized spacial score (nSPS) is 9.65. The van der Waals surface area contributed by atoms with Crippen LogP contribution in [0.25, 0.3) is 0 Å². The van der Waals surface area contributed by atoms with Crippen molar-refractivity contribution in [2.75, 3.05) is 18.8 Å². The number of nitrogen functional groups attached to an aromatic ring is 1. The molecule has 0 heterocycles. The van der Waals surface area contributed by atoms with E-state index in [2.05, 4.69) is 5.32 Å². The van der Waals surface area contributed by atoms with Gasteiger partial charge in [-0.05, 0) is 12.1 Å². The molecule has 0 aliphatic carbocycles. The molecule has 0 saturated heterocycles. The van der Waals surface area contributed by atoms with Crippen LogP contribution in [0, 0.1) is 5.82 Å². The van der Waals surface area contributed by atoms with Gasteiger partial charge in [-0.25, -0.2) is 9.18 Å². The molecule has 0 aliphatic heterocycles. The number of nitrogens with one attached hydrogen (secondary N) is 2. The van der Waals surface area contributed by atoms with Crippen molar-refractivity contribution in [1.29, 1.82) is 0 Å². The number of halogens is 1. The number of aliphatic carboxylic acids is 1. The average Bonchev–Trinajstić information content (AvgIpc) is 2.37. The van der Waals surface area contributed by atoms with Gasteiger partial charge in [0.15, 0.2) is 5.75 Å². The number of ether oxygens (including phenoxy) is 1. The highest BCUT2D eigenvalue weighted by Gasteiger charge is 2.10. The van der Waals surface area contributed by atoms with Crippen LogP contribution >= 0.6 is 0 Å². The molecule has 9 heteroatoms. The van der Waals surface area contributed by atoms with Crippen LogP contribution in [-0.4, -0.2) is 36.2 Å². The molecule has 1 aromatic carbocycles. The molecule has 1 rings (SSSR count). The number of hydrogen-bond donors (Lipinski definition) is 4. The lowest BCUT2D eigenvalue weighted by atomic mass is 10.3. The Bertz CT molecular complexity index is 535. The maximum absolute atomic E-state index is 12.8. The Hall–Kier alpha value is -2.84. The number of rotatable bonds is 5. The zero-order valence-electron chi connectivity index (χ0n) is 10.2. The molecule has 0 spiro atoms. The second-order valence-electron chi connectivity index (χ2n) is 3.60. The minimum Gasteiger partial charge on any atom is -0.480 e. The number of benzene rings is 1. The summed E-state index contributed by atoms with van der Waals surface area (Å²) in [4.78, 5) is 32.6. The maximum atomic E-state index is 12.8. The first kappa shape index (κ1) is 15.2. The summed E-state index contributed by atoms with van der Waals surface area (Å²) < 4.78 is 17.5. The fourth-order valence-corrected chi connectivity index (χ4v) is 1.14.